The minimum Gasteiger partial charge on any atom is -0.307 e. The van der Waals surface area contributed by atoms with Gasteiger partial charge in [0.05, 0.1) is 0 Å². The van der Waals surface area contributed by atoms with E-state index in [9.17, 15) is 0 Å². The van der Waals surface area contributed by atoms with Crippen LogP contribution in [0, 0.1) is 12.8 Å². The van der Waals surface area contributed by atoms with Crippen LogP contribution < -0.4 is 5.32 Å². The molecule has 1 saturated carbocycles. The van der Waals surface area contributed by atoms with Crippen molar-refractivity contribution in [3.05, 3.63) is 35.4 Å². The SMILES string of the molecule is CCC1CCCC(N[C@@H](C)c2ccccc2C)C1. The molecule has 18 heavy (non-hydrogen) atoms. The van der Waals surface area contributed by atoms with Gasteiger partial charge >= 0.3 is 0 Å². The van der Waals surface area contributed by atoms with Gasteiger partial charge in [0.15, 0.2) is 0 Å². The van der Waals surface area contributed by atoms with Gasteiger partial charge in [0.25, 0.3) is 0 Å². The van der Waals surface area contributed by atoms with Gasteiger partial charge in [-0.25, -0.2) is 0 Å². The first-order valence-electron chi connectivity index (χ1n) is 7.52. The lowest BCUT2D eigenvalue weighted by Gasteiger charge is -2.32. The third-order valence-electron chi connectivity index (χ3n) is 4.50. The maximum absolute atomic E-state index is 3.84. The maximum Gasteiger partial charge on any atom is 0.0296 e. The molecule has 1 aromatic rings. The van der Waals surface area contributed by atoms with Crippen molar-refractivity contribution < 1.29 is 0 Å². The van der Waals surface area contributed by atoms with Gasteiger partial charge in [0.1, 0.15) is 0 Å². The molecule has 2 unspecified atom stereocenters. The Morgan fingerprint density at radius 3 is 2.78 bits per heavy atom. The Hall–Kier alpha value is -0.820. The van der Waals surface area contributed by atoms with Gasteiger partial charge in [-0.05, 0) is 43.7 Å². The van der Waals surface area contributed by atoms with Gasteiger partial charge < -0.3 is 5.32 Å². The number of benzene rings is 1. The van der Waals surface area contributed by atoms with Gasteiger partial charge in [-0.2, -0.15) is 0 Å². The minimum atomic E-state index is 0.479. The first kappa shape index (κ1) is 13.6. The highest BCUT2D eigenvalue weighted by Gasteiger charge is 2.22. The lowest BCUT2D eigenvalue weighted by Crippen LogP contribution is -2.36. The summed E-state index contributed by atoms with van der Waals surface area (Å²) in [4.78, 5) is 0. The Labute approximate surface area is 112 Å². The molecule has 0 heterocycles. The highest BCUT2D eigenvalue weighted by molar-refractivity contribution is 5.28. The van der Waals surface area contributed by atoms with Crippen molar-refractivity contribution >= 4 is 0 Å². The third-order valence-corrected chi connectivity index (χ3v) is 4.50. The minimum absolute atomic E-state index is 0.479. The Kier molecular flexibility index (Phi) is 4.82. The van der Waals surface area contributed by atoms with E-state index in [1.54, 1.807) is 0 Å². The van der Waals surface area contributed by atoms with E-state index in [-0.39, 0.29) is 0 Å². The summed E-state index contributed by atoms with van der Waals surface area (Å²) in [5, 5.41) is 3.84. The van der Waals surface area contributed by atoms with Crippen molar-refractivity contribution in [3.8, 4) is 0 Å². The van der Waals surface area contributed by atoms with E-state index in [2.05, 4.69) is 50.4 Å². The van der Waals surface area contributed by atoms with E-state index >= 15 is 0 Å². The van der Waals surface area contributed by atoms with Crippen LogP contribution in [0.4, 0.5) is 0 Å². The molecule has 0 bridgehead atoms. The number of hydrogen-bond acceptors (Lipinski definition) is 1. The zero-order valence-electron chi connectivity index (χ0n) is 12.1. The second-order valence-corrected chi connectivity index (χ2v) is 5.88. The van der Waals surface area contributed by atoms with Crippen molar-refractivity contribution in [2.75, 3.05) is 0 Å². The molecule has 1 heteroatoms. The monoisotopic (exact) mass is 245 g/mol. The molecule has 0 amide bonds. The smallest absolute Gasteiger partial charge is 0.0296 e. The van der Waals surface area contributed by atoms with E-state index < -0.39 is 0 Å². The van der Waals surface area contributed by atoms with Gasteiger partial charge in [-0.3, -0.25) is 0 Å². The summed E-state index contributed by atoms with van der Waals surface area (Å²) >= 11 is 0. The summed E-state index contributed by atoms with van der Waals surface area (Å²) in [5.41, 5.74) is 2.86. The third kappa shape index (κ3) is 3.35. The first-order valence-corrected chi connectivity index (χ1v) is 7.52. The first-order chi connectivity index (χ1) is 8.70. The van der Waals surface area contributed by atoms with Crippen LogP contribution in [0.1, 0.15) is 63.1 Å². The standard InChI is InChI=1S/C17H27N/c1-4-15-9-7-10-16(12-15)18-14(3)17-11-6-5-8-13(17)2/h5-6,8,11,14-16,18H,4,7,9-10,12H2,1-3H3/t14-,15?,16?/m0/s1. The lowest BCUT2D eigenvalue weighted by atomic mass is 9.83. The van der Waals surface area contributed by atoms with Crippen LogP contribution in [0.2, 0.25) is 0 Å². The largest absolute Gasteiger partial charge is 0.307 e. The zero-order chi connectivity index (χ0) is 13.0. The summed E-state index contributed by atoms with van der Waals surface area (Å²) in [6, 6.07) is 9.94. The molecule has 0 saturated heterocycles. The molecule has 1 nitrogen and oxygen atoms in total. The van der Waals surface area contributed by atoms with Crippen LogP contribution in [-0.4, -0.2) is 6.04 Å². The van der Waals surface area contributed by atoms with Crippen LogP contribution in [-0.2, 0) is 0 Å². The van der Waals surface area contributed by atoms with Gasteiger partial charge in [-0.15, -0.1) is 0 Å². The fraction of sp³-hybridized carbons (Fsp3) is 0.647. The summed E-state index contributed by atoms with van der Waals surface area (Å²) < 4.78 is 0. The number of aryl methyl sites for hydroxylation is 1. The van der Waals surface area contributed by atoms with E-state index in [0.29, 0.717) is 6.04 Å². The van der Waals surface area contributed by atoms with Crippen molar-refractivity contribution in [2.45, 2.75) is 65.0 Å². The number of rotatable bonds is 4. The Bertz CT molecular complexity index is 372. The predicted molar refractivity (Wildman–Crippen MR) is 78.8 cm³/mol. The van der Waals surface area contributed by atoms with Crippen LogP contribution in [0.25, 0.3) is 0 Å². The van der Waals surface area contributed by atoms with Gasteiger partial charge in [0.2, 0.25) is 0 Å². The Morgan fingerprint density at radius 1 is 1.28 bits per heavy atom. The Balaban J connectivity index is 1.95. The topological polar surface area (TPSA) is 12.0 Å². The molecule has 1 fully saturated rings. The van der Waals surface area contributed by atoms with Crippen LogP contribution >= 0.6 is 0 Å². The average Bonchev–Trinajstić information content (AvgIpc) is 2.39. The molecular weight excluding hydrogens is 218 g/mol. The number of nitrogens with one attached hydrogen (secondary N) is 1. The summed E-state index contributed by atoms with van der Waals surface area (Å²) in [7, 11) is 0. The normalized spacial score (nSPS) is 25.9. The molecule has 2 rings (SSSR count). The van der Waals surface area contributed by atoms with Gasteiger partial charge in [-0.1, -0.05) is 50.5 Å². The zero-order valence-corrected chi connectivity index (χ0v) is 12.1. The molecular formula is C17H27N. The molecule has 0 aliphatic heterocycles. The van der Waals surface area contributed by atoms with E-state index in [1.165, 1.54) is 43.2 Å². The summed E-state index contributed by atoms with van der Waals surface area (Å²) in [5.74, 6) is 0.945. The van der Waals surface area contributed by atoms with Crippen molar-refractivity contribution in [1.29, 1.82) is 0 Å². The van der Waals surface area contributed by atoms with E-state index in [1.807, 2.05) is 0 Å². The highest BCUT2D eigenvalue weighted by Crippen LogP contribution is 2.28. The summed E-state index contributed by atoms with van der Waals surface area (Å²) in [6.45, 7) is 6.85. The summed E-state index contributed by atoms with van der Waals surface area (Å²) in [6.07, 6.45) is 6.90. The fourth-order valence-electron chi connectivity index (χ4n) is 3.33. The van der Waals surface area contributed by atoms with E-state index in [0.717, 1.165) is 12.0 Å². The molecule has 1 aliphatic rings. The van der Waals surface area contributed by atoms with Crippen LogP contribution in [0.15, 0.2) is 24.3 Å². The van der Waals surface area contributed by atoms with Gasteiger partial charge in [0, 0.05) is 12.1 Å². The van der Waals surface area contributed by atoms with Crippen molar-refractivity contribution in [3.63, 3.8) is 0 Å². The highest BCUT2D eigenvalue weighted by atomic mass is 14.9. The van der Waals surface area contributed by atoms with Crippen molar-refractivity contribution in [1.82, 2.24) is 5.32 Å². The van der Waals surface area contributed by atoms with Crippen LogP contribution in [0.3, 0.4) is 0 Å². The molecule has 1 N–H and O–H groups in total. The molecule has 3 atom stereocenters. The molecule has 1 aromatic carbocycles. The lowest BCUT2D eigenvalue weighted by molar-refractivity contribution is 0.266. The number of hydrogen-bond donors (Lipinski definition) is 1. The predicted octanol–water partition coefficient (Wildman–Crippen LogP) is 4.61. The van der Waals surface area contributed by atoms with Crippen LogP contribution in [0.5, 0.6) is 0 Å². The molecule has 0 spiro atoms. The second kappa shape index (κ2) is 6.38. The second-order valence-electron chi connectivity index (χ2n) is 5.88. The maximum atomic E-state index is 3.84. The Morgan fingerprint density at radius 2 is 2.06 bits per heavy atom. The fourth-order valence-corrected chi connectivity index (χ4v) is 3.33. The molecule has 100 valence electrons. The molecule has 1 aliphatic carbocycles. The quantitative estimate of drug-likeness (QED) is 0.816. The van der Waals surface area contributed by atoms with E-state index in [4.69, 9.17) is 0 Å². The van der Waals surface area contributed by atoms with Crippen molar-refractivity contribution in [2.24, 2.45) is 5.92 Å². The molecule has 0 radical (unpaired) electrons. The average molecular weight is 245 g/mol. The molecule has 0 aromatic heterocycles.